The fourth-order valence-corrected chi connectivity index (χ4v) is 6.00. The highest BCUT2D eigenvalue weighted by atomic mass is 19.4. The molecule has 198 valence electrons. The number of aryl methyl sites for hydroxylation is 1. The van der Waals surface area contributed by atoms with Crippen molar-refractivity contribution in [1.82, 2.24) is 0 Å². The molecule has 0 aromatic heterocycles. The van der Waals surface area contributed by atoms with E-state index in [1.165, 1.54) is 17.7 Å². The predicted molar refractivity (Wildman–Crippen MR) is 165 cm³/mol. The first-order valence-electron chi connectivity index (χ1n) is 13.6. The van der Waals surface area contributed by atoms with Gasteiger partial charge in [0.05, 0.1) is 5.56 Å². The molecule has 7 aromatic rings. The van der Waals surface area contributed by atoms with Crippen LogP contribution in [0, 0.1) is 6.92 Å². The van der Waals surface area contributed by atoms with Gasteiger partial charge in [0.1, 0.15) is 0 Å². The quantitative estimate of drug-likeness (QED) is 0.196. The highest BCUT2D eigenvalue weighted by molar-refractivity contribution is 6.24. The van der Waals surface area contributed by atoms with Crippen molar-refractivity contribution in [2.45, 2.75) is 13.1 Å². The molecule has 0 aliphatic heterocycles. The molecule has 0 atom stereocenters. The van der Waals surface area contributed by atoms with E-state index in [-0.39, 0.29) is 0 Å². The van der Waals surface area contributed by atoms with Gasteiger partial charge in [0.25, 0.3) is 0 Å². The van der Waals surface area contributed by atoms with Crippen molar-refractivity contribution in [3.8, 4) is 33.4 Å². The highest BCUT2D eigenvalue weighted by Crippen LogP contribution is 2.46. The minimum atomic E-state index is -4.41. The molecule has 0 fully saturated rings. The lowest BCUT2D eigenvalue weighted by atomic mass is 9.83. The fourth-order valence-electron chi connectivity index (χ4n) is 6.00. The molecule has 0 saturated heterocycles. The Labute approximate surface area is 236 Å². The van der Waals surface area contributed by atoms with Crippen molar-refractivity contribution in [1.29, 1.82) is 0 Å². The molecule has 41 heavy (non-hydrogen) atoms. The second kappa shape index (κ2) is 9.64. The maximum absolute atomic E-state index is 13.6. The molecule has 0 nitrogen and oxygen atoms in total. The van der Waals surface area contributed by atoms with Gasteiger partial charge in [-0.15, -0.1) is 0 Å². The van der Waals surface area contributed by atoms with Gasteiger partial charge in [-0.3, -0.25) is 0 Å². The molecule has 0 N–H and O–H groups in total. The van der Waals surface area contributed by atoms with Crippen LogP contribution in [0.15, 0.2) is 133 Å². The maximum atomic E-state index is 13.6. The van der Waals surface area contributed by atoms with Gasteiger partial charge in [-0.25, -0.2) is 0 Å². The second-order valence-corrected chi connectivity index (χ2v) is 10.5. The second-order valence-electron chi connectivity index (χ2n) is 10.5. The van der Waals surface area contributed by atoms with E-state index in [0.717, 1.165) is 66.2 Å². The molecule has 0 saturated carbocycles. The molecule has 0 radical (unpaired) electrons. The van der Waals surface area contributed by atoms with Crippen LogP contribution in [-0.2, 0) is 6.18 Å². The summed E-state index contributed by atoms with van der Waals surface area (Å²) in [6.07, 6.45) is -4.41. The number of hydrogen-bond donors (Lipinski definition) is 0. The minimum Gasteiger partial charge on any atom is -0.166 e. The molecule has 0 aliphatic rings. The third kappa shape index (κ3) is 4.35. The molecule has 7 aromatic carbocycles. The molecule has 3 heteroatoms. The Hall–Kier alpha value is -4.89. The van der Waals surface area contributed by atoms with Crippen LogP contribution < -0.4 is 0 Å². The molecule has 0 heterocycles. The van der Waals surface area contributed by atoms with E-state index in [2.05, 4.69) is 104 Å². The number of fused-ring (bicyclic) bond motifs is 3. The lowest BCUT2D eigenvalue weighted by molar-refractivity contribution is -0.137. The van der Waals surface area contributed by atoms with Gasteiger partial charge in [-0.1, -0.05) is 121 Å². The van der Waals surface area contributed by atoms with E-state index in [9.17, 15) is 13.2 Å². The first-order valence-corrected chi connectivity index (χ1v) is 13.6. The topological polar surface area (TPSA) is 0 Å². The van der Waals surface area contributed by atoms with E-state index in [1.807, 2.05) is 12.1 Å². The molecule has 7 rings (SSSR count). The first-order chi connectivity index (χ1) is 19.9. The van der Waals surface area contributed by atoms with Gasteiger partial charge in [0, 0.05) is 0 Å². The van der Waals surface area contributed by atoms with Gasteiger partial charge in [-0.2, -0.15) is 13.2 Å². The zero-order chi connectivity index (χ0) is 28.1. The smallest absolute Gasteiger partial charge is 0.166 e. The summed E-state index contributed by atoms with van der Waals surface area (Å²) in [4.78, 5) is 0. The van der Waals surface area contributed by atoms with Crippen molar-refractivity contribution in [3.05, 3.63) is 145 Å². The SMILES string of the molecule is Cc1ccc(-c2c3ccccc3c(-c3cccc4ccccc34)c3ccc(-c4cccc(C(F)(F)F)c4)cc23)cc1. The Morgan fingerprint density at radius 3 is 1.78 bits per heavy atom. The van der Waals surface area contributed by atoms with Crippen LogP contribution in [0.4, 0.5) is 13.2 Å². The van der Waals surface area contributed by atoms with Crippen LogP contribution in [0.1, 0.15) is 11.1 Å². The third-order valence-corrected chi connectivity index (χ3v) is 7.95. The predicted octanol–water partition coefficient (Wildman–Crippen LogP) is 11.5. The average molecular weight is 539 g/mol. The molecule has 0 unspecified atom stereocenters. The van der Waals surface area contributed by atoms with E-state index in [4.69, 9.17) is 0 Å². The normalized spacial score (nSPS) is 11.9. The van der Waals surface area contributed by atoms with Gasteiger partial charge >= 0.3 is 6.18 Å². The standard InChI is InChI=1S/C38H25F3/c1-24-16-18-26(19-17-24)36-32-13-4-5-14-33(32)37(31-15-7-9-25-8-2-3-12-30(25)31)34-21-20-28(23-35(34)36)27-10-6-11-29(22-27)38(39,40)41/h2-23H,1H3. The number of hydrogen-bond acceptors (Lipinski definition) is 0. The number of benzene rings is 7. The van der Waals surface area contributed by atoms with Crippen LogP contribution in [0.2, 0.25) is 0 Å². The van der Waals surface area contributed by atoms with Gasteiger partial charge < -0.3 is 0 Å². The van der Waals surface area contributed by atoms with Crippen LogP contribution in [0.3, 0.4) is 0 Å². The average Bonchev–Trinajstić information content (AvgIpc) is 2.99. The lowest BCUT2D eigenvalue weighted by Crippen LogP contribution is -2.04. The lowest BCUT2D eigenvalue weighted by Gasteiger charge is -2.20. The summed E-state index contributed by atoms with van der Waals surface area (Å²) in [6.45, 7) is 2.06. The minimum absolute atomic E-state index is 0.538. The number of rotatable bonds is 3. The fraction of sp³-hybridized carbons (Fsp3) is 0.0526. The first kappa shape index (κ1) is 25.1. The molecule has 0 bridgehead atoms. The summed E-state index contributed by atoms with van der Waals surface area (Å²) in [5.74, 6) is 0. The molecular weight excluding hydrogens is 513 g/mol. The van der Waals surface area contributed by atoms with E-state index in [0.29, 0.717) is 5.56 Å². The summed E-state index contributed by atoms with van der Waals surface area (Å²) in [5, 5.41) is 6.63. The van der Waals surface area contributed by atoms with Crippen molar-refractivity contribution in [2.75, 3.05) is 0 Å². The van der Waals surface area contributed by atoms with Crippen molar-refractivity contribution in [3.63, 3.8) is 0 Å². The van der Waals surface area contributed by atoms with Crippen molar-refractivity contribution >= 4 is 32.3 Å². The van der Waals surface area contributed by atoms with Crippen LogP contribution in [0.25, 0.3) is 65.7 Å². The van der Waals surface area contributed by atoms with Gasteiger partial charge in [0.2, 0.25) is 0 Å². The van der Waals surface area contributed by atoms with Crippen molar-refractivity contribution in [2.24, 2.45) is 0 Å². The third-order valence-electron chi connectivity index (χ3n) is 7.95. The van der Waals surface area contributed by atoms with E-state index < -0.39 is 11.7 Å². The molecule has 0 spiro atoms. The maximum Gasteiger partial charge on any atom is 0.416 e. The largest absolute Gasteiger partial charge is 0.416 e. The van der Waals surface area contributed by atoms with Crippen molar-refractivity contribution < 1.29 is 13.2 Å². The summed E-state index contributed by atoms with van der Waals surface area (Å²) >= 11 is 0. The summed E-state index contributed by atoms with van der Waals surface area (Å²) in [6, 6.07) is 43.3. The van der Waals surface area contributed by atoms with Gasteiger partial charge in [0.15, 0.2) is 0 Å². The Morgan fingerprint density at radius 1 is 0.439 bits per heavy atom. The number of alkyl halides is 3. The molecule has 0 amide bonds. The molecular formula is C38H25F3. The Kier molecular flexibility index (Phi) is 5.90. The zero-order valence-electron chi connectivity index (χ0n) is 22.3. The Morgan fingerprint density at radius 2 is 1.02 bits per heavy atom. The van der Waals surface area contributed by atoms with Crippen LogP contribution >= 0.6 is 0 Å². The van der Waals surface area contributed by atoms with E-state index in [1.54, 1.807) is 6.07 Å². The van der Waals surface area contributed by atoms with E-state index >= 15 is 0 Å². The summed E-state index contributed by atoms with van der Waals surface area (Å²) < 4.78 is 40.8. The van der Waals surface area contributed by atoms with Gasteiger partial charge in [-0.05, 0) is 90.8 Å². The Bertz CT molecular complexity index is 2080. The van der Waals surface area contributed by atoms with Crippen LogP contribution in [-0.4, -0.2) is 0 Å². The Balaban J connectivity index is 1.62. The summed E-state index contributed by atoms with van der Waals surface area (Å²) in [7, 11) is 0. The zero-order valence-corrected chi connectivity index (χ0v) is 22.3. The highest BCUT2D eigenvalue weighted by Gasteiger charge is 2.30. The summed E-state index contributed by atoms with van der Waals surface area (Å²) in [5.41, 5.74) is 6.21. The number of halogens is 3. The van der Waals surface area contributed by atoms with Crippen LogP contribution in [0.5, 0.6) is 0 Å². The monoisotopic (exact) mass is 538 g/mol. The molecule has 0 aliphatic carbocycles.